The molecule has 0 aromatic carbocycles. The summed E-state index contributed by atoms with van der Waals surface area (Å²) in [7, 11) is 1.72. The van der Waals surface area contributed by atoms with Crippen molar-refractivity contribution in [2.75, 3.05) is 20.1 Å². The highest BCUT2D eigenvalue weighted by Gasteiger charge is 2.29. The van der Waals surface area contributed by atoms with Crippen LogP contribution in [0.5, 0.6) is 0 Å². The first-order valence-corrected chi connectivity index (χ1v) is 7.94. The van der Waals surface area contributed by atoms with Crippen LogP contribution in [-0.4, -0.2) is 46.6 Å². The van der Waals surface area contributed by atoms with Crippen LogP contribution in [0, 0.1) is 17.2 Å². The van der Waals surface area contributed by atoms with Gasteiger partial charge in [-0.2, -0.15) is 0 Å². The molecule has 0 aromatic rings. The molecule has 1 heterocycles. The Balaban J connectivity index is 2.50. The number of nitrogens with two attached hydrogens (primary N) is 1. The molecule has 1 unspecified atom stereocenters. The first-order chi connectivity index (χ1) is 9.36. The van der Waals surface area contributed by atoms with Gasteiger partial charge in [-0.1, -0.05) is 6.92 Å². The highest BCUT2D eigenvalue weighted by molar-refractivity contribution is 14.1. The summed E-state index contributed by atoms with van der Waals surface area (Å²) in [6.07, 6.45) is 2.63. The Morgan fingerprint density at radius 3 is 2.40 bits per heavy atom. The number of piperidine rings is 1. The molecule has 0 aromatic heterocycles. The molecule has 20 heavy (non-hydrogen) atoms. The Labute approximate surface area is 133 Å². The van der Waals surface area contributed by atoms with E-state index in [4.69, 9.17) is 11.1 Å². The molecule has 0 radical (unpaired) electrons. The Kier molecular flexibility index (Phi) is 6.87. The number of carbonyl (C=O) groups excluding carboxylic acids is 2. The summed E-state index contributed by atoms with van der Waals surface area (Å²) in [4.78, 5) is 24.8. The molecule has 1 fully saturated rings. The summed E-state index contributed by atoms with van der Waals surface area (Å²) in [5, 5.41) is 10.4. The van der Waals surface area contributed by atoms with Gasteiger partial charge in [-0.15, -0.1) is 0 Å². The van der Waals surface area contributed by atoms with Gasteiger partial charge in [0.05, 0.1) is 6.04 Å². The lowest BCUT2D eigenvalue weighted by Gasteiger charge is -2.35. The van der Waals surface area contributed by atoms with E-state index < -0.39 is 3.79 Å². The lowest BCUT2D eigenvalue weighted by molar-refractivity contribution is -0.132. The molecule has 114 valence electrons. The second kappa shape index (κ2) is 7.92. The maximum Gasteiger partial charge on any atom is 0.259 e. The minimum Gasteiger partial charge on any atom is -0.370 e. The first-order valence-electron chi connectivity index (χ1n) is 6.86. The number of hydrogen-bond donors (Lipinski definition) is 3. The molecule has 2 atom stereocenters. The van der Waals surface area contributed by atoms with Crippen molar-refractivity contribution in [1.29, 1.82) is 5.41 Å². The molecule has 4 N–H and O–H groups in total. The normalized spacial score (nSPS) is 19.4. The van der Waals surface area contributed by atoms with Crippen LogP contribution < -0.4 is 11.1 Å². The average molecular weight is 394 g/mol. The van der Waals surface area contributed by atoms with Crippen molar-refractivity contribution in [2.24, 2.45) is 17.6 Å². The van der Waals surface area contributed by atoms with Gasteiger partial charge < -0.3 is 16.0 Å². The molecular formula is C13H23IN4O2. The van der Waals surface area contributed by atoms with E-state index in [0.29, 0.717) is 18.3 Å². The number of Topliss-reactive ketones (excluding diaryl/α,β-unsaturated/α-hetero) is 1. The van der Waals surface area contributed by atoms with E-state index >= 15 is 0 Å². The van der Waals surface area contributed by atoms with Gasteiger partial charge in [0.25, 0.3) is 3.79 Å². The van der Waals surface area contributed by atoms with Gasteiger partial charge in [-0.3, -0.25) is 15.0 Å². The number of likely N-dealkylation sites (N-methyl/N-ethyl adjacent to an activating group) is 1. The number of ketones is 1. The number of halogens is 1. The zero-order chi connectivity index (χ0) is 15.3. The van der Waals surface area contributed by atoms with Crippen molar-refractivity contribution in [2.45, 2.75) is 32.2 Å². The highest BCUT2D eigenvalue weighted by atomic mass is 127. The summed E-state index contributed by atoms with van der Waals surface area (Å²) in [5.41, 5.74) is 5.48. The van der Waals surface area contributed by atoms with Crippen LogP contribution in [-0.2, 0) is 9.59 Å². The molecule has 7 heteroatoms. The predicted molar refractivity (Wildman–Crippen MR) is 86.9 cm³/mol. The predicted octanol–water partition coefficient (Wildman–Crippen LogP) is 0.737. The largest absolute Gasteiger partial charge is 0.370 e. The third-order valence-electron chi connectivity index (χ3n) is 4.15. The van der Waals surface area contributed by atoms with E-state index in [1.54, 1.807) is 29.6 Å². The van der Waals surface area contributed by atoms with Crippen LogP contribution in [0.2, 0.25) is 0 Å². The second-order valence-electron chi connectivity index (χ2n) is 5.40. The van der Waals surface area contributed by atoms with E-state index in [9.17, 15) is 9.59 Å². The molecule has 0 bridgehead atoms. The summed E-state index contributed by atoms with van der Waals surface area (Å²) in [5.74, 6) is 0.663. The van der Waals surface area contributed by atoms with E-state index in [0.717, 1.165) is 25.9 Å². The third kappa shape index (κ3) is 4.69. The zero-order valence-corrected chi connectivity index (χ0v) is 14.1. The standard InChI is InChI=1S/C13H23IN4O2/c1-8(7-10(17-2)11(19)12(14)20)9-3-5-18(6-4-9)13(15)16/h8-10,17H,3-7H2,1-2H3,(H3,15,16)/t8?,10-/m0/s1. The van der Waals surface area contributed by atoms with Gasteiger partial charge in [0.15, 0.2) is 5.96 Å². The molecule has 1 rings (SSSR count). The number of rotatable bonds is 6. The molecule has 6 nitrogen and oxygen atoms in total. The summed E-state index contributed by atoms with van der Waals surface area (Å²) in [6, 6.07) is -0.389. The van der Waals surface area contributed by atoms with E-state index in [1.165, 1.54) is 0 Å². The van der Waals surface area contributed by atoms with Crippen LogP contribution in [0.4, 0.5) is 0 Å². The summed E-state index contributed by atoms with van der Waals surface area (Å²) in [6.45, 7) is 3.73. The Morgan fingerprint density at radius 1 is 1.45 bits per heavy atom. The molecule has 1 aliphatic heterocycles. The van der Waals surface area contributed by atoms with E-state index in [2.05, 4.69) is 12.2 Å². The minimum atomic E-state index is -0.416. The maximum absolute atomic E-state index is 11.8. The molecule has 0 spiro atoms. The van der Waals surface area contributed by atoms with Gasteiger partial charge in [-0.05, 0) is 38.1 Å². The number of guanidine groups is 1. The number of likely N-dealkylation sites (tertiary alicyclic amines) is 1. The minimum absolute atomic E-state index is 0.134. The fourth-order valence-electron chi connectivity index (χ4n) is 2.77. The molecule has 0 saturated carbocycles. The summed E-state index contributed by atoms with van der Waals surface area (Å²) >= 11 is 1.55. The van der Waals surface area contributed by atoms with Crippen LogP contribution in [0.3, 0.4) is 0 Å². The number of nitrogens with one attached hydrogen (secondary N) is 2. The Bertz CT molecular complexity index is 381. The van der Waals surface area contributed by atoms with Crippen LogP contribution in [0.15, 0.2) is 0 Å². The van der Waals surface area contributed by atoms with Crippen molar-refractivity contribution in [3.8, 4) is 0 Å². The average Bonchev–Trinajstić information content (AvgIpc) is 2.43. The Hall–Kier alpha value is -0.700. The maximum atomic E-state index is 11.8. The number of carbonyl (C=O) groups is 2. The van der Waals surface area contributed by atoms with Gasteiger partial charge in [0.2, 0.25) is 5.78 Å². The van der Waals surface area contributed by atoms with Crippen molar-refractivity contribution < 1.29 is 9.59 Å². The van der Waals surface area contributed by atoms with Crippen molar-refractivity contribution >= 4 is 38.1 Å². The fourth-order valence-corrected chi connectivity index (χ4v) is 3.14. The number of nitrogens with zero attached hydrogens (tertiary/aromatic N) is 1. The Morgan fingerprint density at radius 2 is 2.00 bits per heavy atom. The molecule has 1 saturated heterocycles. The highest BCUT2D eigenvalue weighted by Crippen LogP contribution is 2.28. The van der Waals surface area contributed by atoms with Crippen LogP contribution in [0.1, 0.15) is 26.2 Å². The topological polar surface area (TPSA) is 99.3 Å². The van der Waals surface area contributed by atoms with E-state index in [-0.39, 0.29) is 17.8 Å². The lowest BCUT2D eigenvalue weighted by atomic mass is 9.81. The smallest absolute Gasteiger partial charge is 0.259 e. The van der Waals surface area contributed by atoms with Crippen molar-refractivity contribution in [1.82, 2.24) is 10.2 Å². The van der Waals surface area contributed by atoms with Gasteiger partial charge in [-0.25, -0.2) is 0 Å². The third-order valence-corrected chi connectivity index (χ3v) is 4.68. The SMILES string of the molecule is CN[C@@H](CC(C)C1CCN(C(=N)N)CC1)C(=O)C(=O)I. The quantitative estimate of drug-likeness (QED) is 0.203. The fraction of sp³-hybridized carbons (Fsp3) is 0.769. The zero-order valence-electron chi connectivity index (χ0n) is 12.0. The van der Waals surface area contributed by atoms with Gasteiger partial charge in [0, 0.05) is 35.7 Å². The van der Waals surface area contributed by atoms with Gasteiger partial charge >= 0.3 is 0 Å². The second-order valence-corrected chi connectivity index (χ2v) is 6.38. The van der Waals surface area contributed by atoms with Crippen LogP contribution >= 0.6 is 22.6 Å². The monoisotopic (exact) mass is 394 g/mol. The van der Waals surface area contributed by atoms with Gasteiger partial charge in [0.1, 0.15) is 0 Å². The lowest BCUT2D eigenvalue weighted by Crippen LogP contribution is -2.44. The molecule has 0 aliphatic carbocycles. The number of hydrogen-bond acceptors (Lipinski definition) is 4. The van der Waals surface area contributed by atoms with Crippen LogP contribution in [0.25, 0.3) is 0 Å². The van der Waals surface area contributed by atoms with Crippen molar-refractivity contribution in [3.63, 3.8) is 0 Å². The van der Waals surface area contributed by atoms with Crippen molar-refractivity contribution in [3.05, 3.63) is 0 Å². The molecule has 1 aliphatic rings. The molecular weight excluding hydrogens is 371 g/mol. The first kappa shape index (κ1) is 17.4. The molecule has 0 amide bonds. The van der Waals surface area contributed by atoms with E-state index in [1.807, 2.05) is 4.90 Å². The summed E-state index contributed by atoms with van der Waals surface area (Å²) < 4.78 is -0.416.